The van der Waals surface area contributed by atoms with Gasteiger partial charge in [-0.2, -0.15) is 0 Å². The van der Waals surface area contributed by atoms with Crippen LogP contribution in [0.15, 0.2) is 36.8 Å². The van der Waals surface area contributed by atoms with Gasteiger partial charge in [0, 0.05) is 24.7 Å². The summed E-state index contributed by atoms with van der Waals surface area (Å²) in [5.41, 5.74) is 7.12. The summed E-state index contributed by atoms with van der Waals surface area (Å²) >= 11 is 0. The van der Waals surface area contributed by atoms with Crippen molar-refractivity contribution in [3.05, 3.63) is 48.0 Å². The van der Waals surface area contributed by atoms with E-state index in [-0.39, 0.29) is 24.5 Å². The number of benzene rings is 1. The third kappa shape index (κ3) is 8.74. The highest BCUT2D eigenvalue weighted by Gasteiger charge is 2.30. The monoisotopic (exact) mass is 488 g/mol. The van der Waals surface area contributed by atoms with Gasteiger partial charge in [0.25, 0.3) is 0 Å². The highest BCUT2D eigenvalue weighted by molar-refractivity contribution is 5.92. The van der Waals surface area contributed by atoms with Crippen LogP contribution < -0.4 is 21.7 Å². The van der Waals surface area contributed by atoms with E-state index >= 15 is 0 Å². The number of imidazole rings is 1. The minimum absolute atomic E-state index is 0.00714. The number of phenolic OH excluding ortho intramolecular Hbond substituents is 1. The lowest BCUT2D eigenvalue weighted by Gasteiger charge is -2.25. The third-order valence-electron chi connectivity index (χ3n) is 5.56. The molecule has 0 spiro atoms. The summed E-state index contributed by atoms with van der Waals surface area (Å²) in [6.45, 7) is 3.18. The first-order valence-corrected chi connectivity index (χ1v) is 11.2. The Morgan fingerprint density at radius 1 is 1.09 bits per heavy atom. The maximum absolute atomic E-state index is 12.9. The Bertz CT molecular complexity index is 994. The number of H-pyrrole nitrogens is 1. The van der Waals surface area contributed by atoms with Crippen LogP contribution in [0.1, 0.15) is 31.5 Å². The number of carbonyl (C=O) groups is 4. The van der Waals surface area contributed by atoms with Gasteiger partial charge in [0.1, 0.15) is 17.8 Å². The van der Waals surface area contributed by atoms with E-state index < -0.39 is 48.4 Å². The molecule has 0 fully saturated rings. The number of aromatic hydroxyl groups is 1. The number of aromatic nitrogens is 2. The van der Waals surface area contributed by atoms with Crippen molar-refractivity contribution < 1.29 is 29.4 Å². The highest BCUT2D eigenvalue weighted by Crippen LogP contribution is 2.13. The number of amides is 3. The molecule has 8 N–H and O–H groups in total. The van der Waals surface area contributed by atoms with Crippen LogP contribution in [0.25, 0.3) is 0 Å². The number of carboxylic acids is 1. The maximum Gasteiger partial charge on any atom is 0.326 e. The number of hydrogen-bond acceptors (Lipinski definition) is 7. The lowest BCUT2D eigenvalue weighted by molar-refractivity contribution is -0.142. The van der Waals surface area contributed by atoms with Crippen molar-refractivity contribution in [3.8, 4) is 5.75 Å². The normalized spacial score (nSPS) is 14.3. The second-order valence-corrected chi connectivity index (χ2v) is 8.31. The fraction of sp³-hybridized carbons (Fsp3) is 0.435. The SMILES string of the molecule is CCC(C)C(NC(=O)CNC(=O)C(N)Cc1cnc[nH]1)C(=O)NC(Cc1ccc(O)cc1)C(=O)O. The van der Waals surface area contributed by atoms with Gasteiger partial charge in [0.05, 0.1) is 18.9 Å². The molecule has 4 atom stereocenters. The molecule has 2 aromatic rings. The molecule has 0 radical (unpaired) electrons. The Morgan fingerprint density at radius 2 is 1.77 bits per heavy atom. The van der Waals surface area contributed by atoms with Crippen molar-refractivity contribution in [1.29, 1.82) is 0 Å². The standard InChI is InChI=1S/C23H32N6O6/c1-3-13(2)20(22(33)28-18(23(34)35)8-14-4-6-16(30)7-5-14)29-19(31)11-26-21(32)17(24)9-15-10-25-12-27-15/h4-7,10,12-13,17-18,20,30H,3,8-9,11,24H2,1-2H3,(H,25,27)(H,26,32)(H,28,33)(H,29,31)(H,34,35). The van der Waals surface area contributed by atoms with Crippen LogP contribution in [0.2, 0.25) is 0 Å². The summed E-state index contributed by atoms with van der Waals surface area (Å²) in [5, 5.41) is 26.4. The Morgan fingerprint density at radius 3 is 2.34 bits per heavy atom. The molecule has 0 aliphatic rings. The molecule has 35 heavy (non-hydrogen) atoms. The minimum atomic E-state index is -1.24. The Kier molecular flexibility index (Phi) is 10.2. The van der Waals surface area contributed by atoms with Crippen LogP contribution in [-0.2, 0) is 32.0 Å². The summed E-state index contributed by atoms with van der Waals surface area (Å²) in [6.07, 6.45) is 3.75. The van der Waals surface area contributed by atoms with Crippen LogP contribution in [0.3, 0.4) is 0 Å². The van der Waals surface area contributed by atoms with E-state index in [2.05, 4.69) is 25.9 Å². The van der Waals surface area contributed by atoms with Gasteiger partial charge in [-0.25, -0.2) is 9.78 Å². The number of nitrogens with zero attached hydrogens (tertiary/aromatic N) is 1. The zero-order chi connectivity index (χ0) is 26.0. The molecule has 3 amide bonds. The molecule has 12 heteroatoms. The number of rotatable bonds is 13. The van der Waals surface area contributed by atoms with Crippen LogP contribution in [0, 0.1) is 5.92 Å². The van der Waals surface area contributed by atoms with Crippen LogP contribution in [0.4, 0.5) is 0 Å². The van der Waals surface area contributed by atoms with E-state index in [0.717, 1.165) is 0 Å². The average molecular weight is 489 g/mol. The molecule has 1 heterocycles. The van der Waals surface area contributed by atoms with Gasteiger partial charge in [-0.15, -0.1) is 0 Å². The average Bonchev–Trinajstić information content (AvgIpc) is 3.34. The number of carboxylic acid groups (broad SMARTS) is 1. The molecule has 190 valence electrons. The number of aromatic amines is 1. The predicted octanol–water partition coefficient (Wildman–Crippen LogP) is -0.556. The second kappa shape index (κ2) is 13.1. The first kappa shape index (κ1) is 27.3. The first-order chi connectivity index (χ1) is 16.6. The summed E-state index contributed by atoms with van der Waals surface area (Å²) in [6, 6.07) is 2.82. The van der Waals surface area contributed by atoms with Crippen LogP contribution in [0.5, 0.6) is 5.75 Å². The zero-order valence-corrected chi connectivity index (χ0v) is 19.7. The van der Waals surface area contributed by atoms with Crippen LogP contribution >= 0.6 is 0 Å². The fourth-order valence-electron chi connectivity index (χ4n) is 3.28. The second-order valence-electron chi connectivity index (χ2n) is 8.31. The molecule has 1 aromatic carbocycles. The molecule has 0 saturated carbocycles. The van der Waals surface area contributed by atoms with Crippen molar-refractivity contribution in [2.75, 3.05) is 6.54 Å². The van der Waals surface area contributed by atoms with Gasteiger partial charge in [-0.1, -0.05) is 32.4 Å². The molecule has 0 bridgehead atoms. The molecule has 1 aromatic heterocycles. The molecule has 12 nitrogen and oxygen atoms in total. The molecular weight excluding hydrogens is 456 g/mol. The summed E-state index contributed by atoms with van der Waals surface area (Å²) in [4.78, 5) is 56.0. The number of phenols is 1. The van der Waals surface area contributed by atoms with E-state index in [1.54, 1.807) is 25.3 Å². The largest absolute Gasteiger partial charge is 0.508 e. The topological polar surface area (TPSA) is 200 Å². The van der Waals surface area contributed by atoms with Crippen molar-refractivity contribution in [1.82, 2.24) is 25.9 Å². The van der Waals surface area contributed by atoms with E-state index in [4.69, 9.17) is 5.73 Å². The van der Waals surface area contributed by atoms with Gasteiger partial charge in [0.2, 0.25) is 17.7 Å². The van der Waals surface area contributed by atoms with E-state index in [1.165, 1.54) is 18.5 Å². The zero-order valence-electron chi connectivity index (χ0n) is 19.7. The lowest BCUT2D eigenvalue weighted by atomic mass is 9.97. The Balaban J connectivity index is 1.95. The fourth-order valence-corrected chi connectivity index (χ4v) is 3.28. The van der Waals surface area contributed by atoms with Gasteiger partial charge in [0.15, 0.2) is 0 Å². The van der Waals surface area contributed by atoms with Gasteiger partial charge < -0.3 is 36.9 Å². The van der Waals surface area contributed by atoms with Gasteiger partial charge in [-0.3, -0.25) is 14.4 Å². The minimum Gasteiger partial charge on any atom is -0.508 e. The predicted molar refractivity (Wildman–Crippen MR) is 126 cm³/mol. The van der Waals surface area contributed by atoms with Gasteiger partial charge in [-0.05, 0) is 23.6 Å². The number of nitrogens with two attached hydrogens (primary N) is 1. The molecule has 2 rings (SSSR count). The quantitative estimate of drug-likeness (QED) is 0.194. The smallest absolute Gasteiger partial charge is 0.326 e. The molecule has 0 aliphatic heterocycles. The van der Waals surface area contributed by atoms with Crippen molar-refractivity contribution in [2.24, 2.45) is 11.7 Å². The number of aliphatic carboxylic acids is 1. The van der Waals surface area contributed by atoms with Crippen molar-refractivity contribution >= 4 is 23.7 Å². The molecular formula is C23H32N6O6. The molecule has 4 unspecified atom stereocenters. The number of carbonyl (C=O) groups excluding carboxylic acids is 3. The summed E-state index contributed by atoms with van der Waals surface area (Å²) in [7, 11) is 0. The van der Waals surface area contributed by atoms with Crippen molar-refractivity contribution in [3.63, 3.8) is 0 Å². The van der Waals surface area contributed by atoms with E-state index in [1.807, 2.05) is 6.92 Å². The molecule has 0 saturated heterocycles. The molecule has 0 aliphatic carbocycles. The number of hydrogen-bond donors (Lipinski definition) is 7. The van der Waals surface area contributed by atoms with E-state index in [0.29, 0.717) is 17.7 Å². The Labute approximate surface area is 202 Å². The lowest BCUT2D eigenvalue weighted by Crippen LogP contribution is -2.56. The maximum atomic E-state index is 12.9. The first-order valence-electron chi connectivity index (χ1n) is 11.2. The van der Waals surface area contributed by atoms with Crippen molar-refractivity contribution in [2.45, 2.75) is 51.2 Å². The summed E-state index contributed by atoms with van der Waals surface area (Å²) in [5.74, 6) is -3.31. The van der Waals surface area contributed by atoms with E-state index in [9.17, 15) is 29.4 Å². The van der Waals surface area contributed by atoms with Gasteiger partial charge >= 0.3 is 5.97 Å². The number of nitrogens with one attached hydrogen (secondary N) is 4. The summed E-state index contributed by atoms with van der Waals surface area (Å²) < 4.78 is 0. The highest BCUT2D eigenvalue weighted by atomic mass is 16.4. The Hall–Kier alpha value is -3.93. The third-order valence-corrected chi connectivity index (χ3v) is 5.56. The van der Waals surface area contributed by atoms with Crippen LogP contribution in [-0.4, -0.2) is 68.5 Å².